The molecule has 0 bridgehead atoms. The van der Waals surface area contributed by atoms with Crippen LogP contribution in [0.5, 0.6) is 0 Å². The lowest BCUT2D eigenvalue weighted by atomic mass is 9.90. The van der Waals surface area contributed by atoms with Crippen molar-refractivity contribution in [2.24, 2.45) is 0 Å². The fraction of sp³-hybridized carbons (Fsp3) is 0.316. The molecule has 0 aliphatic carbocycles. The fourth-order valence-electron chi connectivity index (χ4n) is 3.34. The second-order valence-corrected chi connectivity index (χ2v) is 9.30. The predicted molar refractivity (Wildman–Crippen MR) is 110 cm³/mol. The molecule has 1 N–H and O–H groups in total. The van der Waals surface area contributed by atoms with Crippen LogP contribution in [-0.2, 0) is 20.6 Å². The number of carbonyl (C=O) groups excluding carboxylic acids is 1. The number of hydrogen-bond acceptors (Lipinski definition) is 3. The first-order chi connectivity index (χ1) is 13.1. The van der Waals surface area contributed by atoms with Gasteiger partial charge in [0.25, 0.3) is 0 Å². The molecule has 1 heterocycles. The van der Waals surface area contributed by atoms with E-state index >= 15 is 0 Å². The molecule has 5 nitrogen and oxygen atoms in total. The van der Waals surface area contributed by atoms with Crippen LogP contribution in [0.25, 0.3) is 0 Å². The van der Waals surface area contributed by atoms with E-state index in [9.17, 15) is 17.6 Å². The normalized spacial score (nSPS) is 16.8. The van der Waals surface area contributed by atoms with Crippen molar-refractivity contribution in [1.82, 2.24) is 0 Å². The maximum atomic E-state index is 14.8. The van der Waals surface area contributed by atoms with Crippen molar-refractivity contribution in [3.8, 4) is 0 Å². The smallest absolute Gasteiger partial charge is 0.236 e. The quantitative estimate of drug-likeness (QED) is 0.710. The Balaban J connectivity index is 1.91. The summed E-state index contributed by atoms with van der Waals surface area (Å²) in [5, 5.41) is 0.639. The van der Waals surface area contributed by atoms with Crippen LogP contribution in [0.4, 0.5) is 15.8 Å². The minimum atomic E-state index is -3.84. The lowest BCUT2D eigenvalue weighted by Gasteiger charge is -2.32. The second-order valence-electron chi connectivity index (χ2n) is 6.74. The topological polar surface area (TPSA) is 66.5 Å². The van der Waals surface area contributed by atoms with Crippen LogP contribution in [-0.4, -0.2) is 20.9 Å². The lowest BCUT2D eigenvalue weighted by Crippen LogP contribution is -2.36. The molecular formula is C19H19Cl2FN2O3S. The molecule has 3 rings (SSSR count). The third kappa shape index (κ3) is 4.26. The largest absolute Gasteiger partial charge is 0.310 e. The Morgan fingerprint density at radius 3 is 2.61 bits per heavy atom. The molecule has 1 atom stereocenters. The highest BCUT2D eigenvalue weighted by Crippen LogP contribution is 2.39. The molecule has 150 valence electrons. The third-order valence-corrected chi connectivity index (χ3v) is 6.45. The Kier molecular flexibility index (Phi) is 5.89. The Hall–Kier alpha value is -1.83. The highest BCUT2D eigenvalue weighted by atomic mass is 35.5. The van der Waals surface area contributed by atoms with Crippen LogP contribution in [0.15, 0.2) is 30.3 Å². The number of amides is 1. The van der Waals surface area contributed by atoms with E-state index in [2.05, 4.69) is 4.72 Å². The van der Waals surface area contributed by atoms with Gasteiger partial charge >= 0.3 is 0 Å². The maximum absolute atomic E-state index is 14.8. The summed E-state index contributed by atoms with van der Waals surface area (Å²) in [7, 11) is -3.84. The number of hydrogen-bond donors (Lipinski definition) is 1. The minimum Gasteiger partial charge on any atom is -0.310 e. The summed E-state index contributed by atoms with van der Waals surface area (Å²) in [5.41, 5.74) is 1.31. The first-order valence-corrected chi connectivity index (χ1v) is 11.1. The van der Waals surface area contributed by atoms with Gasteiger partial charge in [-0.2, -0.15) is 0 Å². The Morgan fingerprint density at radius 2 is 1.96 bits per heavy atom. The fourth-order valence-corrected chi connectivity index (χ4v) is 5.10. The van der Waals surface area contributed by atoms with Gasteiger partial charge in [0, 0.05) is 29.1 Å². The number of fused-ring (bicyclic) bond motifs is 1. The van der Waals surface area contributed by atoms with Gasteiger partial charge in [0.15, 0.2) is 0 Å². The second kappa shape index (κ2) is 7.89. The zero-order chi connectivity index (χ0) is 20.6. The van der Waals surface area contributed by atoms with Gasteiger partial charge in [-0.1, -0.05) is 36.2 Å². The van der Waals surface area contributed by atoms with E-state index in [0.717, 1.165) is 6.07 Å². The van der Waals surface area contributed by atoms with Crippen LogP contribution in [0.1, 0.15) is 37.3 Å². The summed E-state index contributed by atoms with van der Waals surface area (Å²) < 4.78 is 42.3. The summed E-state index contributed by atoms with van der Waals surface area (Å²) in [6.45, 7) is 3.92. The number of sulfonamides is 1. The Labute approximate surface area is 173 Å². The van der Waals surface area contributed by atoms with Crippen LogP contribution in [0, 0.1) is 5.82 Å². The first-order valence-electron chi connectivity index (χ1n) is 8.69. The molecule has 9 heteroatoms. The number of nitrogens with zero attached hydrogens (tertiary/aromatic N) is 1. The maximum Gasteiger partial charge on any atom is 0.236 e. The van der Waals surface area contributed by atoms with E-state index in [1.807, 2.05) is 6.92 Å². The number of carbonyl (C=O) groups is 1. The van der Waals surface area contributed by atoms with Gasteiger partial charge in [-0.15, -0.1) is 0 Å². The Bertz CT molecular complexity index is 1040. The van der Waals surface area contributed by atoms with Crippen molar-refractivity contribution in [1.29, 1.82) is 0 Å². The molecule has 0 spiro atoms. The third-order valence-electron chi connectivity index (χ3n) is 4.63. The average Bonchev–Trinajstić information content (AvgIpc) is 2.58. The number of halogens is 3. The van der Waals surface area contributed by atoms with Gasteiger partial charge < -0.3 is 4.90 Å². The molecule has 1 amide bonds. The van der Waals surface area contributed by atoms with Gasteiger partial charge in [-0.05, 0) is 42.2 Å². The molecule has 2 aromatic carbocycles. The van der Waals surface area contributed by atoms with E-state index in [1.165, 1.54) is 17.0 Å². The van der Waals surface area contributed by atoms with E-state index in [4.69, 9.17) is 23.2 Å². The van der Waals surface area contributed by atoms with Crippen molar-refractivity contribution < 1.29 is 17.6 Å². The molecule has 1 aliphatic rings. The van der Waals surface area contributed by atoms with Crippen molar-refractivity contribution in [2.75, 3.05) is 16.2 Å². The van der Waals surface area contributed by atoms with Crippen LogP contribution in [0.2, 0.25) is 10.0 Å². The van der Waals surface area contributed by atoms with Gasteiger partial charge in [0.2, 0.25) is 15.9 Å². The summed E-state index contributed by atoms with van der Waals surface area (Å²) in [5.74, 6) is -1.37. The highest BCUT2D eigenvalue weighted by Gasteiger charge is 2.31. The average molecular weight is 445 g/mol. The number of rotatable bonds is 5. The van der Waals surface area contributed by atoms with Crippen LogP contribution < -0.4 is 9.62 Å². The molecule has 0 saturated heterocycles. The van der Waals surface area contributed by atoms with Gasteiger partial charge in [0.05, 0.1) is 17.1 Å². The van der Waals surface area contributed by atoms with Gasteiger partial charge in [-0.3, -0.25) is 9.52 Å². The Morgan fingerprint density at radius 1 is 1.25 bits per heavy atom. The standard InChI is InChI=1S/C19H19Cl2FN2O3S/c1-3-24-18(25)6-11(2)15-8-14(9-17(22)19(15)24)23-28(26,27)10-12-4-5-13(20)7-16(12)21/h4-5,7-9,11,23H,3,6,10H2,1-2H3. The summed E-state index contributed by atoms with van der Waals surface area (Å²) in [6, 6.07) is 7.22. The van der Waals surface area contributed by atoms with E-state index in [0.29, 0.717) is 22.7 Å². The summed E-state index contributed by atoms with van der Waals surface area (Å²) in [6.07, 6.45) is 0.247. The van der Waals surface area contributed by atoms with Gasteiger partial charge in [-0.25, -0.2) is 12.8 Å². The molecule has 0 saturated carbocycles. The van der Waals surface area contributed by atoms with Crippen molar-refractivity contribution in [3.63, 3.8) is 0 Å². The molecule has 1 aliphatic heterocycles. The SMILES string of the molecule is CCN1C(=O)CC(C)c2cc(NS(=O)(=O)Cc3ccc(Cl)cc3Cl)cc(F)c21. The van der Waals surface area contributed by atoms with E-state index < -0.39 is 15.8 Å². The molecule has 0 radical (unpaired) electrons. The number of anilines is 2. The summed E-state index contributed by atoms with van der Waals surface area (Å²) in [4.78, 5) is 13.5. The highest BCUT2D eigenvalue weighted by molar-refractivity contribution is 7.91. The minimum absolute atomic E-state index is 0.110. The number of nitrogens with one attached hydrogen (secondary N) is 1. The zero-order valence-electron chi connectivity index (χ0n) is 15.3. The number of benzene rings is 2. The van der Waals surface area contributed by atoms with Crippen LogP contribution in [0.3, 0.4) is 0 Å². The molecule has 0 fully saturated rings. The van der Waals surface area contributed by atoms with Crippen molar-refractivity contribution in [2.45, 2.75) is 31.9 Å². The van der Waals surface area contributed by atoms with Crippen molar-refractivity contribution >= 4 is 50.5 Å². The van der Waals surface area contributed by atoms with Crippen molar-refractivity contribution in [3.05, 3.63) is 57.3 Å². The van der Waals surface area contributed by atoms with Crippen LogP contribution >= 0.6 is 23.2 Å². The predicted octanol–water partition coefficient (Wildman–Crippen LogP) is 4.93. The lowest BCUT2D eigenvalue weighted by molar-refractivity contribution is -0.119. The molecule has 1 unspecified atom stereocenters. The monoisotopic (exact) mass is 444 g/mol. The van der Waals surface area contributed by atoms with E-state index in [-0.39, 0.29) is 40.4 Å². The molecular weight excluding hydrogens is 426 g/mol. The zero-order valence-corrected chi connectivity index (χ0v) is 17.6. The van der Waals surface area contributed by atoms with Gasteiger partial charge in [0.1, 0.15) is 5.82 Å². The van der Waals surface area contributed by atoms with E-state index in [1.54, 1.807) is 19.1 Å². The molecule has 2 aromatic rings. The molecule has 28 heavy (non-hydrogen) atoms. The summed E-state index contributed by atoms with van der Waals surface area (Å²) >= 11 is 11.9. The molecule has 0 aromatic heterocycles. The first kappa shape index (κ1) is 20.9.